The summed E-state index contributed by atoms with van der Waals surface area (Å²) in [6, 6.07) is 0.143. The Kier molecular flexibility index (Phi) is 2.93. The van der Waals surface area contributed by atoms with E-state index in [1.807, 2.05) is 6.92 Å². The first-order chi connectivity index (χ1) is 5.93. The predicted molar refractivity (Wildman–Crippen MR) is 50.3 cm³/mol. The van der Waals surface area contributed by atoms with Crippen molar-refractivity contribution in [3.05, 3.63) is 0 Å². The van der Waals surface area contributed by atoms with Crippen LogP contribution in [0.4, 0.5) is 0 Å². The molecule has 4 nitrogen and oxygen atoms in total. The summed E-state index contributed by atoms with van der Waals surface area (Å²) in [6.07, 6.45) is 0. The van der Waals surface area contributed by atoms with Gasteiger partial charge in [-0.05, 0) is 20.8 Å². The first-order valence-corrected chi connectivity index (χ1v) is 4.60. The Hall–Kier alpha value is -0.610. The van der Waals surface area contributed by atoms with E-state index in [1.54, 1.807) is 18.7 Å². The predicted octanol–water partition coefficient (Wildman–Crippen LogP) is -0.0290. The van der Waals surface area contributed by atoms with Crippen molar-refractivity contribution in [2.75, 3.05) is 19.8 Å². The van der Waals surface area contributed by atoms with Gasteiger partial charge in [0.25, 0.3) is 0 Å². The van der Waals surface area contributed by atoms with Crippen LogP contribution in [0.2, 0.25) is 0 Å². The molecule has 0 bridgehead atoms. The minimum atomic E-state index is -0.772. The SMILES string of the molecule is CC1COCCN1C(=O)C(C)(C)N. The van der Waals surface area contributed by atoms with Crippen LogP contribution in [0, 0.1) is 0 Å². The molecule has 1 fully saturated rings. The van der Waals surface area contributed by atoms with Crippen LogP contribution in [-0.2, 0) is 9.53 Å². The van der Waals surface area contributed by atoms with Crippen LogP contribution < -0.4 is 5.73 Å². The molecule has 1 aliphatic heterocycles. The molecule has 4 heteroatoms. The Morgan fingerprint density at radius 1 is 1.62 bits per heavy atom. The van der Waals surface area contributed by atoms with E-state index in [1.165, 1.54) is 0 Å². The molecule has 0 aliphatic carbocycles. The van der Waals surface area contributed by atoms with E-state index in [-0.39, 0.29) is 11.9 Å². The zero-order valence-electron chi connectivity index (χ0n) is 8.54. The minimum Gasteiger partial charge on any atom is -0.377 e. The summed E-state index contributed by atoms with van der Waals surface area (Å²) in [5, 5.41) is 0. The molecular formula is C9H18N2O2. The van der Waals surface area contributed by atoms with Gasteiger partial charge in [0.1, 0.15) is 0 Å². The lowest BCUT2D eigenvalue weighted by molar-refractivity contribution is -0.143. The van der Waals surface area contributed by atoms with E-state index in [9.17, 15) is 4.79 Å². The Balaban J connectivity index is 2.64. The van der Waals surface area contributed by atoms with E-state index >= 15 is 0 Å². The van der Waals surface area contributed by atoms with Gasteiger partial charge in [-0.3, -0.25) is 4.79 Å². The lowest BCUT2D eigenvalue weighted by atomic mass is 10.0. The number of nitrogens with zero attached hydrogens (tertiary/aromatic N) is 1. The summed E-state index contributed by atoms with van der Waals surface area (Å²) >= 11 is 0. The van der Waals surface area contributed by atoms with Crippen molar-refractivity contribution in [3.63, 3.8) is 0 Å². The molecule has 76 valence electrons. The van der Waals surface area contributed by atoms with E-state index in [2.05, 4.69) is 0 Å². The van der Waals surface area contributed by atoms with Gasteiger partial charge in [0.05, 0.1) is 24.8 Å². The molecule has 0 aromatic rings. The monoisotopic (exact) mass is 186 g/mol. The fourth-order valence-corrected chi connectivity index (χ4v) is 1.40. The van der Waals surface area contributed by atoms with Crippen molar-refractivity contribution in [2.24, 2.45) is 5.73 Å². The van der Waals surface area contributed by atoms with Crippen LogP contribution in [0.1, 0.15) is 20.8 Å². The van der Waals surface area contributed by atoms with Gasteiger partial charge in [-0.25, -0.2) is 0 Å². The van der Waals surface area contributed by atoms with E-state index in [0.29, 0.717) is 19.8 Å². The lowest BCUT2D eigenvalue weighted by Crippen LogP contribution is -2.57. The summed E-state index contributed by atoms with van der Waals surface area (Å²) in [5.74, 6) is 0.00306. The smallest absolute Gasteiger partial charge is 0.242 e. The number of hydrogen-bond acceptors (Lipinski definition) is 3. The quantitative estimate of drug-likeness (QED) is 0.625. The second kappa shape index (κ2) is 3.64. The molecule has 0 radical (unpaired) electrons. The molecule has 13 heavy (non-hydrogen) atoms. The molecule has 0 spiro atoms. The number of nitrogens with two attached hydrogens (primary N) is 1. The zero-order chi connectivity index (χ0) is 10.1. The van der Waals surface area contributed by atoms with Gasteiger partial charge >= 0.3 is 0 Å². The fraction of sp³-hybridized carbons (Fsp3) is 0.889. The highest BCUT2D eigenvalue weighted by Gasteiger charge is 2.32. The maximum absolute atomic E-state index is 11.8. The van der Waals surface area contributed by atoms with Crippen LogP contribution in [0.15, 0.2) is 0 Å². The standard InChI is InChI=1S/C9H18N2O2/c1-7-6-13-5-4-11(7)8(12)9(2,3)10/h7H,4-6,10H2,1-3H3. The van der Waals surface area contributed by atoms with Crippen molar-refractivity contribution in [1.29, 1.82) is 0 Å². The van der Waals surface area contributed by atoms with Gasteiger partial charge in [-0.15, -0.1) is 0 Å². The molecule has 1 heterocycles. The minimum absolute atomic E-state index is 0.00306. The van der Waals surface area contributed by atoms with E-state index in [0.717, 1.165) is 0 Å². The summed E-state index contributed by atoms with van der Waals surface area (Å²) < 4.78 is 5.24. The van der Waals surface area contributed by atoms with Crippen molar-refractivity contribution < 1.29 is 9.53 Å². The second-order valence-electron chi connectivity index (χ2n) is 4.14. The van der Waals surface area contributed by atoms with Gasteiger partial charge in [-0.2, -0.15) is 0 Å². The summed E-state index contributed by atoms with van der Waals surface area (Å²) in [4.78, 5) is 13.6. The maximum Gasteiger partial charge on any atom is 0.242 e. The van der Waals surface area contributed by atoms with E-state index in [4.69, 9.17) is 10.5 Å². The van der Waals surface area contributed by atoms with Gasteiger partial charge in [0.2, 0.25) is 5.91 Å². The van der Waals surface area contributed by atoms with Crippen LogP contribution >= 0.6 is 0 Å². The highest BCUT2D eigenvalue weighted by Crippen LogP contribution is 2.11. The Labute approximate surface area is 79.0 Å². The molecule has 1 atom stereocenters. The number of amides is 1. The Bertz CT molecular complexity index is 198. The number of carbonyl (C=O) groups is 1. The fourth-order valence-electron chi connectivity index (χ4n) is 1.40. The maximum atomic E-state index is 11.8. The van der Waals surface area contributed by atoms with Crippen molar-refractivity contribution in [1.82, 2.24) is 4.90 Å². The first-order valence-electron chi connectivity index (χ1n) is 4.60. The first kappa shape index (κ1) is 10.5. The molecule has 0 aromatic carbocycles. The second-order valence-corrected chi connectivity index (χ2v) is 4.14. The van der Waals surface area contributed by atoms with Gasteiger partial charge in [0, 0.05) is 6.54 Å². The molecule has 1 amide bonds. The van der Waals surface area contributed by atoms with Crippen molar-refractivity contribution in [3.8, 4) is 0 Å². The van der Waals surface area contributed by atoms with Crippen molar-refractivity contribution >= 4 is 5.91 Å². The van der Waals surface area contributed by atoms with Crippen molar-refractivity contribution in [2.45, 2.75) is 32.4 Å². The molecular weight excluding hydrogens is 168 g/mol. The third-order valence-electron chi connectivity index (χ3n) is 2.18. The molecule has 0 saturated carbocycles. The summed E-state index contributed by atoms with van der Waals surface area (Å²) in [5.41, 5.74) is 4.97. The highest BCUT2D eigenvalue weighted by molar-refractivity contribution is 5.85. The molecule has 2 N–H and O–H groups in total. The Morgan fingerprint density at radius 3 is 2.69 bits per heavy atom. The number of rotatable bonds is 1. The topological polar surface area (TPSA) is 55.6 Å². The largest absolute Gasteiger partial charge is 0.377 e. The average Bonchev–Trinajstić information content (AvgIpc) is 2.02. The van der Waals surface area contributed by atoms with Crippen LogP contribution in [0.25, 0.3) is 0 Å². The number of carbonyl (C=O) groups excluding carboxylic acids is 1. The van der Waals surface area contributed by atoms with Gasteiger partial charge in [-0.1, -0.05) is 0 Å². The highest BCUT2D eigenvalue weighted by atomic mass is 16.5. The normalized spacial score (nSPS) is 24.6. The number of ether oxygens (including phenoxy) is 1. The van der Waals surface area contributed by atoms with Crippen LogP contribution in [0.5, 0.6) is 0 Å². The molecule has 1 unspecified atom stereocenters. The molecule has 1 rings (SSSR count). The third-order valence-corrected chi connectivity index (χ3v) is 2.18. The van der Waals surface area contributed by atoms with E-state index < -0.39 is 5.54 Å². The summed E-state index contributed by atoms with van der Waals surface area (Å²) in [7, 11) is 0. The molecule has 0 aromatic heterocycles. The zero-order valence-corrected chi connectivity index (χ0v) is 8.54. The van der Waals surface area contributed by atoms with Crippen LogP contribution in [-0.4, -0.2) is 42.1 Å². The Morgan fingerprint density at radius 2 is 2.23 bits per heavy atom. The number of morpholine rings is 1. The summed E-state index contributed by atoms with van der Waals surface area (Å²) in [6.45, 7) is 7.33. The third kappa shape index (κ3) is 2.42. The van der Waals surface area contributed by atoms with Gasteiger partial charge in [0.15, 0.2) is 0 Å². The molecule has 1 aliphatic rings. The lowest BCUT2D eigenvalue weighted by Gasteiger charge is -2.37. The average molecular weight is 186 g/mol. The molecule has 1 saturated heterocycles. The van der Waals surface area contributed by atoms with Crippen LogP contribution in [0.3, 0.4) is 0 Å². The number of hydrogen-bond donors (Lipinski definition) is 1. The van der Waals surface area contributed by atoms with Gasteiger partial charge < -0.3 is 15.4 Å².